The average Bonchev–Trinajstić information content (AvgIpc) is 2.97. The fraction of sp³-hybridized carbons (Fsp3) is 0.516. The Morgan fingerprint density at radius 2 is 1.23 bits per heavy atom. The molecule has 0 rings (SSSR count). The minimum atomic E-state index is -0.912. The Morgan fingerprint density at radius 3 is 1.79 bits per heavy atom. The van der Waals surface area contributed by atoms with Crippen LogP contribution in [-0.2, 0) is 42.9 Å². The first-order valence-electron chi connectivity index (χ1n) is 13.8. The van der Waals surface area contributed by atoms with Crippen LogP contribution in [0.2, 0.25) is 0 Å². The SMILES string of the molecule is C=C(CCCO)C(=O)OC(=O)C(=C)CC(C)OC(=O)C(=C)CCCCO.C=CC(=O)OCCOC(=O)C(=C)CC(O)CC. The lowest BCUT2D eigenvalue weighted by Crippen LogP contribution is -2.21. The molecule has 0 aliphatic carbocycles. The molecular formula is C31H46O12. The number of ether oxygens (including phenoxy) is 4. The molecule has 0 radical (unpaired) electrons. The van der Waals surface area contributed by atoms with E-state index in [0.717, 1.165) is 6.08 Å². The van der Waals surface area contributed by atoms with Gasteiger partial charge in [0.05, 0.1) is 6.10 Å². The predicted octanol–water partition coefficient (Wildman–Crippen LogP) is 2.96. The second-order valence-corrected chi connectivity index (χ2v) is 9.29. The maximum Gasteiger partial charge on any atom is 0.341 e. The highest BCUT2D eigenvalue weighted by molar-refractivity contribution is 6.01. The van der Waals surface area contributed by atoms with Gasteiger partial charge in [-0.1, -0.05) is 39.8 Å². The molecule has 2 unspecified atom stereocenters. The van der Waals surface area contributed by atoms with Crippen LogP contribution >= 0.6 is 0 Å². The van der Waals surface area contributed by atoms with E-state index in [0.29, 0.717) is 32.1 Å². The zero-order valence-electron chi connectivity index (χ0n) is 25.3. The monoisotopic (exact) mass is 610 g/mol. The van der Waals surface area contributed by atoms with Gasteiger partial charge in [0, 0.05) is 54.4 Å². The molecule has 0 aliphatic rings. The fourth-order valence-electron chi connectivity index (χ4n) is 2.86. The first kappa shape index (κ1) is 41.3. The lowest BCUT2D eigenvalue weighted by Gasteiger charge is -2.15. The van der Waals surface area contributed by atoms with Crippen molar-refractivity contribution in [2.75, 3.05) is 26.4 Å². The van der Waals surface area contributed by atoms with Crippen molar-refractivity contribution in [3.8, 4) is 0 Å². The maximum absolute atomic E-state index is 11.9. The van der Waals surface area contributed by atoms with E-state index in [4.69, 9.17) is 19.7 Å². The maximum atomic E-state index is 11.9. The van der Waals surface area contributed by atoms with E-state index < -0.39 is 42.1 Å². The molecule has 0 aromatic heterocycles. The summed E-state index contributed by atoms with van der Waals surface area (Å²) in [6.45, 7) is 20.7. The van der Waals surface area contributed by atoms with Crippen molar-refractivity contribution in [2.24, 2.45) is 0 Å². The number of hydrogen-bond donors (Lipinski definition) is 3. The van der Waals surface area contributed by atoms with Gasteiger partial charge in [-0.05, 0) is 45.4 Å². The van der Waals surface area contributed by atoms with Gasteiger partial charge in [0.1, 0.15) is 19.3 Å². The van der Waals surface area contributed by atoms with E-state index in [1.54, 1.807) is 13.8 Å². The van der Waals surface area contributed by atoms with Crippen LogP contribution in [0.1, 0.15) is 65.2 Å². The number of rotatable bonds is 21. The average molecular weight is 611 g/mol. The second-order valence-electron chi connectivity index (χ2n) is 9.29. The van der Waals surface area contributed by atoms with Crippen molar-refractivity contribution in [1.82, 2.24) is 0 Å². The first-order chi connectivity index (χ1) is 20.2. The number of carbonyl (C=O) groups excluding carboxylic acids is 5. The Labute approximate surface area is 253 Å². The van der Waals surface area contributed by atoms with Crippen LogP contribution in [-0.4, -0.2) is 83.8 Å². The molecule has 0 heterocycles. The van der Waals surface area contributed by atoms with Crippen molar-refractivity contribution >= 4 is 29.8 Å². The molecule has 0 spiro atoms. The summed E-state index contributed by atoms with van der Waals surface area (Å²) in [6, 6.07) is 0. The molecule has 0 saturated carbocycles. The van der Waals surface area contributed by atoms with E-state index >= 15 is 0 Å². The third-order valence-corrected chi connectivity index (χ3v) is 5.39. The molecule has 0 amide bonds. The molecule has 0 saturated heterocycles. The summed E-state index contributed by atoms with van der Waals surface area (Å²) in [5.41, 5.74) is 0.557. The molecule has 43 heavy (non-hydrogen) atoms. The van der Waals surface area contributed by atoms with Crippen LogP contribution in [0.25, 0.3) is 0 Å². The topological polar surface area (TPSA) is 183 Å². The third kappa shape index (κ3) is 21.5. The van der Waals surface area contributed by atoms with Crippen LogP contribution < -0.4 is 0 Å². The minimum Gasteiger partial charge on any atom is -0.459 e. The Kier molecular flexibility index (Phi) is 23.7. The molecule has 12 nitrogen and oxygen atoms in total. The van der Waals surface area contributed by atoms with Gasteiger partial charge in [0.25, 0.3) is 0 Å². The minimum absolute atomic E-state index is 0.00485. The number of hydrogen-bond acceptors (Lipinski definition) is 12. The smallest absolute Gasteiger partial charge is 0.341 e. The van der Waals surface area contributed by atoms with E-state index in [1.807, 2.05) is 0 Å². The molecule has 0 aliphatic heterocycles. The van der Waals surface area contributed by atoms with Crippen LogP contribution in [0, 0.1) is 0 Å². The summed E-state index contributed by atoms with van der Waals surface area (Å²) < 4.78 is 19.2. The lowest BCUT2D eigenvalue weighted by atomic mass is 10.1. The summed E-state index contributed by atoms with van der Waals surface area (Å²) in [5, 5.41) is 26.7. The summed E-state index contributed by atoms with van der Waals surface area (Å²) in [6.07, 6.45) is 2.70. The van der Waals surface area contributed by atoms with E-state index in [2.05, 4.69) is 42.4 Å². The fourth-order valence-corrected chi connectivity index (χ4v) is 2.86. The van der Waals surface area contributed by atoms with E-state index in [-0.39, 0.29) is 68.0 Å². The van der Waals surface area contributed by atoms with Crippen molar-refractivity contribution in [3.05, 3.63) is 61.3 Å². The van der Waals surface area contributed by atoms with Gasteiger partial charge in [-0.2, -0.15) is 0 Å². The highest BCUT2D eigenvalue weighted by atomic mass is 16.6. The predicted molar refractivity (Wildman–Crippen MR) is 158 cm³/mol. The normalized spacial score (nSPS) is 11.4. The summed E-state index contributed by atoms with van der Waals surface area (Å²) in [7, 11) is 0. The molecular weight excluding hydrogens is 564 g/mol. The van der Waals surface area contributed by atoms with Crippen molar-refractivity contribution < 1.29 is 58.2 Å². The van der Waals surface area contributed by atoms with Gasteiger partial charge >= 0.3 is 29.8 Å². The van der Waals surface area contributed by atoms with Gasteiger partial charge in [0.2, 0.25) is 0 Å². The van der Waals surface area contributed by atoms with Crippen LogP contribution in [0.15, 0.2) is 61.3 Å². The zero-order valence-corrected chi connectivity index (χ0v) is 25.3. The third-order valence-electron chi connectivity index (χ3n) is 5.39. The first-order valence-corrected chi connectivity index (χ1v) is 13.8. The molecule has 0 bridgehead atoms. The quantitative estimate of drug-likeness (QED) is 0.0569. The van der Waals surface area contributed by atoms with Crippen molar-refractivity contribution in [1.29, 1.82) is 0 Å². The van der Waals surface area contributed by atoms with Gasteiger partial charge in [-0.25, -0.2) is 24.0 Å². The second kappa shape index (κ2) is 24.7. The highest BCUT2D eigenvalue weighted by Gasteiger charge is 2.20. The number of esters is 5. The van der Waals surface area contributed by atoms with Crippen LogP contribution in [0.3, 0.4) is 0 Å². The van der Waals surface area contributed by atoms with Crippen molar-refractivity contribution in [3.63, 3.8) is 0 Å². The molecule has 2 atom stereocenters. The number of aliphatic hydroxyl groups is 3. The Morgan fingerprint density at radius 1 is 0.721 bits per heavy atom. The van der Waals surface area contributed by atoms with Crippen LogP contribution in [0.5, 0.6) is 0 Å². The Bertz CT molecular complexity index is 995. The summed E-state index contributed by atoms with van der Waals surface area (Å²) >= 11 is 0. The molecule has 12 heteroatoms. The van der Waals surface area contributed by atoms with Gasteiger partial charge in [0.15, 0.2) is 0 Å². The molecule has 3 N–H and O–H groups in total. The van der Waals surface area contributed by atoms with E-state index in [1.165, 1.54) is 0 Å². The summed E-state index contributed by atoms with van der Waals surface area (Å²) in [4.78, 5) is 57.3. The largest absolute Gasteiger partial charge is 0.459 e. The van der Waals surface area contributed by atoms with E-state index in [9.17, 15) is 29.1 Å². The number of unbranched alkanes of at least 4 members (excludes halogenated alkanes) is 1. The molecule has 242 valence electrons. The zero-order chi connectivity index (χ0) is 33.4. The molecule has 0 aromatic carbocycles. The highest BCUT2D eigenvalue weighted by Crippen LogP contribution is 2.14. The van der Waals surface area contributed by atoms with Crippen LogP contribution in [0.4, 0.5) is 0 Å². The molecule has 0 fully saturated rings. The lowest BCUT2D eigenvalue weighted by molar-refractivity contribution is -0.155. The van der Waals surface area contributed by atoms with Crippen molar-refractivity contribution in [2.45, 2.75) is 77.4 Å². The number of aliphatic hydroxyl groups excluding tert-OH is 3. The Hall–Kier alpha value is -3.87. The van der Waals surface area contributed by atoms with Gasteiger partial charge in [-0.3, -0.25) is 0 Å². The molecule has 0 aromatic rings. The van der Waals surface area contributed by atoms with Gasteiger partial charge < -0.3 is 34.3 Å². The number of carbonyl (C=O) groups is 5. The summed E-state index contributed by atoms with van der Waals surface area (Å²) in [5.74, 6) is -3.52. The Balaban J connectivity index is 0. The van der Waals surface area contributed by atoms with Gasteiger partial charge in [-0.15, -0.1) is 0 Å². The standard InChI is InChI=1S/C19H28O7.C12H18O5/c1-13(8-5-6-10-20)17(22)25-16(4)12-15(3)19(24)26-18(23)14(2)9-7-11-21;1-4-10(13)8-9(3)12(15)17-7-6-16-11(14)5-2/h16,20-21H,1-3,5-12H2,4H3;5,10,13H,2-4,6-8H2,1H3.